The van der Waals surface area contributed by atoms with E-state index in [2.05, 4.69) is 30.8 Å². The van der Waals surface area contributed by atoms with E-state index in [1.807, 2.05) is 39.9 Å². The number of aromatic nitrogens is 4. The first-order valence-electron chi connectivity index (χ1n) is 11.0. The molecule has 0 atom stereocenters. The largest absolute Gasteiger partial charge is 0.368 e. The van der Waals surface area contributed by atoms with Crippen molar-refractivity contribution in [2.45, 2.75) is 12.8 Å². The fourth-order valence-corrected chi connectivity index (χ4v) is 4.70. The topological polar surface area (TPSA) is 70.4 Å². The van der Waals surface area contributed by atoms with E-state index in [0.29, 0.717) is 0 Å². The van der Waals surface area contributed by atoms with Crippen molar-refractivity contribution in [1.29, 1.82) is 0 Å². The molecule has 8 nitrogen and oxygen atoms in total. The molecule has 1 amide bonds. The smallest absolute Gasteiger partial charge is 0.225 e. The molecular weight excluding hydrogens is 426 g/mol. The van der Waals surface area contributed by atoms with E-state index in [1.165, 1.54) is 0 Å². The van der Waals surface area contributed by atoms with Crippen molar-refractivity contribution in [1.82, 2.24) is 24.4 Å². The van der Waals surface area contributed by atoms with Gasteiger partial charge in [0.05, 0.1) is 0 Å². The summed E-state index contributed by atoms with van der Waals surface area (Å²) >= 11 is 6.13. The van der Waals surface area contributed by atoms with Gasteiger partial charge in [0.2, 0.25) is 5.91 Å². The third kappa shape index (κ3) is 4.41. The molecule has 0 aliphatic carbocycles. The van der Waals surface area contributed by atoms with Gasteiger partial charge in [-0.05, 0) is 31.0 Å². The van der Waals surface area contributed by atoms with Crippen LogP contribution in [0.4, 0.5) is 11.5 Å². The first-order valence-corrected chi connectivity index (χ1v) is 11.4. The molecule has 0 unspecified atom stereocenters. The first-order chi connectivity index (χ1) is 15.7. The number of carbonyl (C=O) groups excluding carboxylic acids is 1. The van der Waals surface area contributed by atoms with Gasteiger partial charge < -0.3 is 14.7 Å². The zero-order valence-electron chi connectivity index (χ0n) is 17.8. The molecule has 2 aromatic heterocycles. The fourth-order valence-electron chi connectivity index (χ4n) is 4.52. The van der Waals surface area contributed by atoms with Gasteiger partial charge >= 0.3 is 0 Å². The number of halogens is 1. The van der Waals surface area contributed by atoms with Gasteiger partial charge in [-0.15, -0.1) is 0 Å². The van der Waals surface area contributed by atoms with E-state index in [0.717, 1.165) is 74.5 Å². The van der Waals surface area contributed by atoms with E-state index >= 15 is 0 Å². The Labute approximate surface area is 192 Å². The lowest BCUT2D eigenvalue weighted by Gasteiger charge is -2.39. The second-order valence-electron chi connectivity index (χ2n) is 8.26. The molecule has 2 aliphatic heterocycles. The average molecular weight is 452 g/mol. The van der Waals surface area contributed by atoms with Crippen molar-refractivity contribution in [2.75, 3.05) is 49.1 Å². The minimum atomic E-state index is 0.0823. The van der Waals surface area contributed by atoms with E-state index in [1.54, 1.807) is 18.9 Å². The van der Waals surface area contributed by atoms with Crippen molar-refractivity contribution in [3.8, 4) is 5.82 Å². The Morgan fingerprint density at radius 2 is 1.72 bits per heavy atom. The molecule has 0 N–H and O–H groups in total. The standard InChI is InChI=1S/C23H26ClN7O/c24-19-2-1-3-20(14-19)28-10-12-30(13-11-28)23(32)18-4-7-29(8-5-18)21-15-22(27-16-26-21)31-9-6-25-17-31/h1-3,6,9,14-18H,4-5,7-8,10-13H2. The monoisotopic (exact) mass is 451 g/mol. The van der Waals surface area contributed by atoms with Crippen LogP contribution in [0.1, 0.15) is 12.8 Å². The van der Waals surface area contributed by atoms with Gasteiger partial charge in [0.1, 0.15) is 24.3 Å². The Morgan fingerprint density at radius 3 is 2.44 bits per heavy atom. The first kappa shape index (κ1) is 20.8. The van der Waals surface area contributed by atoms with Crippen LogP contribution in [-0.2, 0) is 4.79 Å². The lowest BCUT2D eigenvalue weighted by molar-refractivity contribution is -0.136. The average Bonchev–Trinajstić information content (AvgIpc) is 3.39. The van der Waals surface area contributed by atoms with Crippen LogP contribution in [0.3, 0.4) is 0 Å². The van der Waals surface area contributed by atoms with Gasteiger partial charge in [-0.1, -0.05) is 17.7 Å². The number of carbonyl (C=O) groups is 1. The van der Waals surface area contributed by atoms with E-state index in [4.69, 9.17) is 11.6 Å². The minimum absolute atomic E-state index is 0.0823. The molecule has 166 valence electrons. The van der Waals surface area contributed by atoms with Crippen LogP contribution in [-0.4, -0.2) is 69.6 Å². The Kier molecular flexibility index (Phi) is 5.94. The van der Waals surface area contributed by atoms with E-state index < -0.39 is 0 Å². The number of benzene rings is 1. The maximum atomic E-state index is 13.1. The third-order valence-electron chi connectivity index (χ3n) is 6.34. The molecule has 0 saturated carbocycles. The summed E-state index contributed by atoms with van der Waals surface area (Å²) in [6.07, 6.45) is 8.59. The highest BCUT2D eigenvalue weighted by Crippen LogP contribution is 2.26. The van der Waals surface area contributed by atoms with Crippen molar-refractivity contribution in [3.05, 3.63) is 60.4 Å². The van der Waals surface area contributed by atoms with Gasteiger partial charge in [0.15, 0.2) is 0 Å². The summed E-state index contributed by atoms with van der Waals surface area (Å²) in [5.74, 6) is 2.06. The quantitative estimate of drug-likeness (QED) is 0.607. The number of piperidine rings is 1. The van der Waals surface area contributed by atoms with Crippen LogP contribution in [0.2, 0.25) is 5.02 Å². The van der Waals surface area contributed by atoms with Crippen molar-refractivity contribution in [3.63, 3.8) is 0 Å². The summed E-state index contributed by atoms with van der Waals surface area (Å²) < 4.78 is 1.87. The zero-order chi connectivity index (χ0) is 21.9. The molecule has 0 spiro atoms. The zero-order valence-corrected chi connectivity index (χ0v) is 18.6. The second kappa shape index (κ2) is 9.16. The van der Waals surface area contributed by atoms with Gasteiger partial charge in [-0.2, -0.15) is 0 Å². The number of anilines is 2. The molecule has 2 saturated heterocycles. The van der Waals surface area contributed by atoms with Gasteiger partial charge in [-0.25, -0.2) is 15.0 Å². The summed E-state index contributed by atoms with van der Waals surface area (Å²) in [7, 11) is 0. The Morgan fingerprint density at radius 1 is 0.938 bits per heavy atom. The van der Waals surface area contributed by atoms with Crippen LogP contribution in [0.15, 0.2) is 55.4 Å². The predicted octanol–water partition coefficient (Wildman–Crippen LogP) is 2.88. The molecule has 5 rings (SSSR count). The van der Waals surface area contributed by atoms with Gasteiger partial charge in [-0.3, -0.25) is 9.36 Å². The molecule has 2 fully saturated rings. The maximum Gasteiger partial charge on any atom is 0.225 e. The highest BCUT2D eigenvalue weighted by molar-refractivity contribution is 6.30. The van der Waals surface area contributed by atoms with Crippen molar-refractivity contribution < 1.29 is 4.79 Å². The van der Waals surface area contributed by atoms with Gasteiger partial charge in [0.25, 0.3) is 0 Å². The third-order valence-corrected chi connectivity index (χ3v) is 6.58. The highest BCUT2D eigenvalue weighted by Gasteiger charge is 2.31. The summed E-state index contributed by atoms with van der Waals surface area (Å²) in [5, 5.41) is 0.744. The van der Waals surface area contributed by atoms with E-state index in [9.17, 15) is 4.79 Å². The lowest BCUT2D eigenvalue weighted by atomic mass is 9.95. The second-order valence-corrected chi connectivity index (χ2v) is 8.69. The molecule has 32 heavy (non-hydrogen) atoms. The van der Waals surface area contributed by atoms with Gasteiger partial charge in [0, 0.05) is 74.4 Å². The number of imidazole rings is 1. The molecule has 0 bridgehead atoms. The Balaban J connectivity index is 1.15. The number of amides is 1. The highest BCUT2D eigenvalue weighted by atomic mass is 35.5. The van der Waals surface area contributed by atoms with Crippen LogP contribution in [0, 0.1) is 5.92 Å². The molecule has 2 aliphatic rings. The van der Waals surface area contributed by atoms with Crippen LogP contribution in [0.25, 0.3) is 5.82 Å². The molecule has 9 heteroatoms. The molecule has 0 radical (unpaired) electrons. The van der Waals surface area contributed by atoms with Crippen LogP contribution >= 0.6 is 11.6 Å². The number of nitrogens with zero attached hydrogens (tertiary/aromatic N) is 7. The van der Waals surface area contributed by atoms with Crippen molar-refractivity contribution in [2.24, 2.45) is 5.92 Å². The summed E-state index contributed by atoms with van der Waals surface area (Å²) in [6.45, 7) is 4.82. The lowest BCUT2D eigenvalue weighted by Crippen LogP contribution is -2.51. The molecular formula is C23H26ClN7O. The minimum Gasteiger partial charge on any atom is -0.368 e. The van der Waals surface area contributed by atoms with E-state index in [-0.39, 0.29) is 11.8 Å². The number of hydrogen-bond donors (Lipinski definition) is 0. The SMILES string of the molecule is O=C(C1CCN(c2cc(-n3ccnc3)ncn2)CC1)N1CCN(c2cccc(Cl)c2)CC1. The number of piperazine rings is 1. The Hall–Kier alpha value is -3.13. The van der Waals surface area contributed by atoms with Crippen LogP contribution < -0.4 is 9.80 Å². The predicted molar refractivity (Wildman–Crippen MR) is 124 cm³/mol. The molecule has 1 aromatic carbocycles. The Bertz CT molecular complexity index is 1060. The molecule has 4 heterocycles. The fraction of sp³-hybridized carbons (Fsp3) is 0.391. The number of hydrogen-bond acceptors (Lipinski definition) is 6. The van der Waals surface area contributed by atoms with Crippen molar-refractivity contribution >= 4 is 29.0 Å². The summed E-state index contributed by atoms with van der Waals surface area (Å²) in [5.41, 5.74) is 1.12. The normalized spacial score (nSPS) is 17.6. The summed E-state index contributed by atoms with van der Waals surface area (Å²) in [6, 6.07) is 9.89. The van der Waals surface area contributed by atoms with Crippen LogP contribution in [0.5, 0.6) is 0 Å². The number of rotatable bonds is 4. The molecule has 3 aromatic rings. The maximum absolute atomic E-state index is 13.1. The summed E-state index contributed by atoms with van der Waals surface area (Å²) in [4.78, 5) is 32.6.